The Kier molecular flexibility index (Phi) is 8.85. The van der Waals surface area contributed by atoms with Crippen LogP contribution in [0, 0.1) is 87.3 Å². The summed E-state index contributed by atoms with van der Waals surface area (Å²) >= 11 is 0. The van der Waals surface area contributed by atoms with Crippen molar-refractivity contribution in [2.45, 2.75) is 12.8 Å². The van der Waals surface area contributed by atoms with Crippen molar-refractivity contribution in [3.63, 3.8) is 0 Å². The first kappa shape index (κ1) is 38.2. The molecule has 2 aromatic heterocycles. The summed E-state index contributed by atoms with van der Waals surface area (Å²) in [6, 6.07) is 3.72. The minimum Gasteiger partial charge on any atom is -0.515 e. The molecular weight excluding hydrogens is 813 g/mol. The highest BCUT2D eigenvalue weighted by atomic mass is 19.2. The third-order valence-corrected chi connectivity index (χ3v) is 9.45. The first-order valence-corrected chi connectivity index (χ1v) is 16.1. The largest absolute Gasteiger partial charge is 0.515 e. The predicted molar refractivity (Wildman–Crippen MR) is 173 cm³/mol. The van der Waals surface area contributed by atoms with Crippen LogP contribution in [0.5, 0.6) is 0 Å². The molecule has 20 heteroatoms. The minimum atomic E-state index is -2.61. The van der Waals surface area contributed by atoms with E-state index in [9.17, 15) is 44.6 Å². The molecule has 0 fully saturated rings. The lowest BCUT2D eigenvalue weighted by molar-refractivity contribution is 0.376. The van der Waals surface area contributed by atoms with E-state index in [0.29, 0.717) is 0 Å². The molecule has 8 rings (SSSR count). The lowest BCUT2D eigenvalue weighted by atomic mass is 9.95. The van der Waals surface area contributed by atoms with Gasteiger partial charge in [0.1, 0.15) is 0 Å². The SMILES string of the molecule is O/C=C1\C=C2N=C1C(c1c(F)c(F)c(F)c(F)c1F)=c1ccc([nH]1)=C(c1c(F)c(F)c(F)c(F)c1F)C1=NC(=C(c3c(F)c(F)c(F)c(F)c3F)c3ccc2[nH]3)CC1. The zero-order chi connectivity index (χ0) is 41.8. The van der Waals surface area contributed by atoms with E-state index in [1.165, 1.54) is 0 Å². The summed E-state index contributed by atoms with van der Waals surface area (Å²) in [6.45, 7) is 0. The molecule has 296 valence electrons. The second kappa shape index (κ2) is 13.4. The Hall–Kier alpha value is -6.73. The monoisotopic (exact) mass is 826 g/mol. The Morgan fingerprint density at radius 2 is 0.862 bits per heavy atom. The number of hydrogen-bond acceptors (Lipinski definition) is 3. The topological polar surface area (TPSA) is 76.5 Å². The quantitative estimate of drug-likeness (QED) is 0.0724. The molecule has 3 N–H and O–H groups in total. The van der Waals surface area contributed by atoms with Crippen LogP contribution < -0.4 is 10.7 Å². The van der Waals surface area contributed by atoms with Crippen LogP contribution in [-0.2, 0) is 0 Å². The number of nitrogens with one attached hydrogen (secondary N) is 2. The number of aliphatic hydroxyl groups is 1. The summed E-state index contributed by atoms with van der Waals surface area (Å²) < 4.78 is 225. The molecule has 5 nitrogen and oxygen atoms in total. The van der Waals surface area contributed by atoms with Gasteiger partial charge in [0.15, 0.2) is 69.8 Å². The minimum absolute atomic E-state index is 0.221. The van der Waals surface area contributed by atoms with Crippen LogP contribution in [0.3, 0.4) is 0 Å². The van der Waals surface area contributed by atoms with E-state index in [2.05, 4.69) is 20.0 Å². The smallest absolute Gasteiger partial charge is 0.200 e. The average molecular weight is 827 g/mol. The summed E-state index contributed by atoms with van der Waals surface area (Å²) in [5.74, 6) is -37.0. The van der Waals surface area contributed by atoms with Gasteiger partial charge in [-0.1, -0.05) is 0 Å². The van der Waals surface area contributed by atoms with Crippen molar-refractivity contribution in [1.29, 1.82) is 0 Å². The number of fused-ring (bicyclic) bond motifs is 7. The van der Waals surface area contributed by atoms with Gasteiger partial charge in [-0.2, -0.15) is 0 Å². The van der Waals surface area contributed by atoms with Gasteiger partial charge in [0.25, 0.3) is 0 Å². The number of hydrogen-bond donors (Lipinski definition) is 3. The fraction of sp³-hybridized carbons (Fsp3) is 0.0526. The first-order valence-electron chi connectivity index (χ1n) is 16.1. The standard InChI is InChI=1S/C38H13F15N4O/c39-23-20(24(40)30(46)35(51)29(23)45)17-11-2-1-10(54-11)16-7-9(8-58)38(57-16)19(22-27(43)33(49)37(53)34(50)28(22)44)15-6-5-14(56-15)18(13-4-3-12(17)55-13)21-25(41)31(47)36(52)32(48)26(21)42/h1-2,5-8,54,56,58H,3-4H2/b9-8+,17-12?,18-14?,19-15?. The maximum absolute atomic E-state index is 15.6. The Balaban J connectivity index is 1.60. The van der Waals surface area contributed by atoms with E-state index >= 15 is 26.3 Å². The van der Waals surface area contributed by atoms with Crippen molar-refractivity contribution in [3.05, 3.63) is 174 Å². The number of nitrogens with zero attached hydrogens (tertiary/aromatic N) is 2. The molecule has 3 aliphatic rings. The Bertz CT molecular complexity index is 2940. The van der Waals surface area contributed by atoms with Gasteiger partial charge in [0.05, 0.1) is 51.5 Å². The van der Waals surface area contributed by atoms with Crippen molar-refractivity contribution < 1.29 is 71.0 Å². The van der Waals surface area contributed by atoms with Crippen molar-refractivity contribution in [2.24, 2.45) is 9.98 Å². The van der Waals surface area contributed by atoms with Crippen LogP contribution in [0.4, 0.5) is 65.9 Å². The number of H-pyrrole nitrogens is 2. The molecule has 0 radical (unpaired) electrons. The number of aliphatic hydroxyl groups excluding tert-OH is 1. The van der Waals surface area contributed by atoms with Crippen molar-refractivity contribution in [1.82, 2.24) is 9.97 Å². The average Bonchev–Trinajstić information content (AvgIpc) is 4.05. The lowest BCUT2D eigenvalue weighted by Gasteiger charge is -2.13. The second-order valence-electron chi connectivity index (χ2n) is 12.6. The molecule has 0 atom stereocenters. The second-order valence-corrected chi connectivity index (χ2v) is 12.6. The van der Waals surface area contributed by atoms with Crippen molar-refractivity contribution in [2.75, 3.05) is 0 Å². The summed E-state index contributed by atoms with van der Waals surface area (Å²) in [7, 11) is 0. The number of aliphatic imine (C=N–C) groups is 2. The molecule has 3 aliphatic heterocycles. The molecular formula is C38H13F15N4O. The van der Waals surface area contributed by atoms with Gasteiger partial charge < -0.3 is 15.1 Å². The Morgan fingerprint density at radius 1 is 0.448 bits per heavy atom. The van der Waals surface area contributed by atoms with Crippen LogP contribution in [0.25, 0.3) is 22.4 Å². The first-order chi connectivity index (χ1) is 27.5. The van der Waals surface area contributed by atoms with Gasteiger partial charge in [-0.05, 0) is 43.2 Å². The number of halogens is 15. The number of benzene rings is 3. The van der Waals surface area contributed by atoms with E-state index in [1.807, 2.05) is 0 Å². The molecule has 0 amide bonds. The molecule has 0 saturated carbocycles. The highest BCUT2D eigenvalue weighted by molar-refractivity contribution is 6.35. The fourth-order valence-electron chi connectivity index (χ4n) is 6.84. The number of aromatic amines is 2. The van der Waals surface area contributed by atoms with Crippen LogP contribution >= 0.6 is 0 Å². The van der Waals surface area contributed by atoms with Crippen LogP contribution in [0.2, 0.25) is 0 Å². The molecule has 5 heterocycles. The van der Waals surface area contributed by atoms with Gasteiger partial charge >= 0.3 is 0 Å². The molecule has 0 unspecified atom stereocenters. The van der Waals surface area contributed by atoms with E-state index in [1.54, 1.807) is 0 Å². The number of allylic oxidation sites excluding steroid dienone is 3. The lowest BCUT2D eigenvalue weighted by Crippen LogP contribution is -2.25. The van der Waals surface area contributed by atoms with Gasteiger partial charge in [-0.3, -0.25) is 4.99 Å². The molecule has 58 heavy (non-hydrogen) atoms. The fourth-order valence-corrected chi connectivity index (χ4v) is 6.84. The summed E-state index contributed by atoms with van der Waals surface area (Å²) in [4.78, 5) is 13.3. The zero-order valence-electron chi connectivity index (χ0n) is 27.9. The van der Waals surface area contributed by atoms with Crippen LogP contribution in [0.1, 0.15) is 40.9 Å². The predicted octanol–water partition coefficient (Wildman–Crippen LogP) is 8.77. The summed E-state index contributed by atoms with van der Waals surface area (Å²) in [5.41, 5.74) is -11.4. The zero-order valence-corrected chi connectivity index (χ0v) is 27.9. The summed E-state index contributed by atoms with van der Waals surface area (Å²) in [6.07, 6.45) is 0.0537. The molecule has 5 aromatic rings. The molecule has 0 spiro atoms. The number of rotatable bonds is 3. The normalized spacial score (nSPS) is 16.0. The summed E-state index contributed by atoms with van der Waals surface area (Å²) in [5, 5.41) is 8.77. The third kappa shape index (κ3) is 5.37. The molecule has 0 saturated heterocycles. The van der Waals surface area contributed by atoms with E-state index < -0.39 is 173 Å². The number of aromatic nitrogens is 2. The third-order valence-electron chi connectivity index (χ3n) is 9.45. The highest BCUT2D eigenvalue weighted by Gasteiger charge is 2.37. The molecule has 0 aliphatic carbocycles. The molecule has 8 bridgehead atoms. The van der Waals surface area contributed by atoms with Gasteiger partial charge in [0.2, 0.25) is 17.5 Å². The van der Waals surface area contributed by atoms with E-state index in [0.717, 1.165) is 30.3 Å². The Labute approximate surface area is 311 Å². The highest BCUT2D eigenvalue weighted by Crippen LogP contribution is 2.41. The van der Waals surface area contributed by atoms with Crippen LogP contribution in [0.15, 0.2) is 57.9 Å². The van der Waals surface area contributed by atoms with Gasteiger partial charge in [-0.25, -0.2) is 70.8 Å². The van der Waals surface area contributed by atoms with E-state index in [-0.39, 0.29) is 17.7 Å². The van der Waals surface area contributed by atoms with Gasteiger partial charge in [0, 0.05) is 38.7 Å². The Morgan fingerprint density at radius 3 is 1.34 bits per heavy atom. The van der Waals surface area contributed by atoms with Crippen LogP contribution in [-0.4, -0.2) is 26.5 Å². The van der Waals surface area contributed by atoms with Crippen molar-refractivity contribution in [3.8, 4) is 0 Å². The maximum atomic E-state index is 15.6. The van der Waals surface area contributed by atoms with E-state index in [4.69, 9.17) is 0 Å². The van der Waals surface area contributed by atoms with Crippen molar-refractivity contribution >= 4 is 33.8 Å². The van der Waals surface area contributed by atoms with Gasteiger partial charge in [-0.15, -0.1) is 0 Å². The molecule has 3 aromatic carbocycles. The maximum Gasteiger partial charge on any atom is 0.200 e.